The van der Waals surface area contributed by atoms with Gasteiger partial charge in [-0.25, -0.2) is 13.2 Å². The molecule has 1 aromatic carbocycles. The molecule has 116 valence electrons. The van der Waals surface area contributed by atoms with Gasteiger partial charge in [0.15, 0.2) is 0 Å². The molecule has 2 N–H and O–H groups in total. The van der Waals surface area contributed by atoms with Crippen molar-refractivity contribution in [1.29, 1.82) is 0 Å². The highest BCUT2D eigenvalue weighted by Crippen LogP contribution is 2.26. The summed E-state index contributed by atoms with van der Waals surface area (Å²) < 4.78 is 26.7. The fraction of sp³-hybridized carbons (Fsp3) is 0.500. The summed E-state index contributed by atoms with van der Waals surface area (Å²) in [6.45, 7) is 2.28. The summed E-state index contributed by atoms with van der Waals surface area (Å²) in [7, 11) is -3.73. The normalized spacial score (nSPS) is 20.4. The molecule has 6 nitrogen and oxygen atoms in total. The van der Waals surface area contributed by atoms with Gasteiger partial charge in [-0.2, -0.15) is 4.31 Å². The van der Waals surface area contributed by atoms with Crippen molar-refractivity contribution in [2.24, 2.45) is 5.92 Å². The van der Waals surface area contributed by atoms with Crippen LogP contribution in [0, 0.1) is 12.8 Å². The van der Waals surface area contributed by atoms with Crippen molar-refractivity contribution >= 4 is 16.0 Å². The molecule has 1 unspecified atom stereocenters. The standard InChI is InChI=1S/C14H19NO5S/c1-10-4-5-12(14(17)18)7-13(10)21(19,20)15-6-2-3-11(8-15)9-16/h4-5,7,11,16H,2-3,6,8-9H2,1H3,(H,17,18). The minimum absolute atomic E-state index is 0.0287. The number of carbonyl (C=O) groups is 1. The van der Waals surface area contributed by atoms with Gasteiger partial charge in [0.05, 0.1) is 10.5 Å². The molecule has 1 aliphatic heterocycles. The highest BCUT2D eigenvalue weighted by molar-refractivity contribution is 7.89. The van der Waals surface area contributed by atoms with E-state index >= 15 is 0 Å². The number of hydrogen-bond acceptors (Lipinski definition) is 4. The Morgan fingerprint density at radius 1 is 1.43 bits per heavy atom. The van der Waals surface area contributed by atoms with Crippen LogP contribution in [0.25, 0.3) is 0 Å². The molecule has 1 fully saturated rings. The van der Waals surface area contributed by atoms with Gasteiger partial charge >= 0.3 is 5.97 Å². The van der Waals surface area contributed by atoms with E-state index in [1.807, 2.05) is 0 Å². The van der Waals surface area contributed by atoms with Gasteiger partial charge in [-0.3, -0.25) is 0 Å². The highest BCUT2D eigenvalue weighted by Gasteiger charge is 2.31. The second-order valence-electron chi connectivity index (χ2n) is 5.34. The summed E-state index contributed by atoms with van der Waals surface area (Å²) in [5.74, 6) is -1.21. The maximum Gasteiger partial charge on any atom is 0.335 e. The molecule has 0 bridgehead atoms. The third kappa shape index (κ3) is 3.25. The third-order valence-electron chi connectivity index (χ3n) is 3.79. The molecule has 7 heteroatoms. The summed E-state index contributed by atoms with van der Waals surface area (Å²) in [6.07, 6.45) is 1.50. The molecule has 1 heterocycles. The molecule has 1 atom stereocenters. The predicted molar refractivity (Wildman–Crippen MR) is 76.7 cm³/mol. The highest BCUT2D eigenvalue weighted by atomic mass is 32.2. The molecule has 1 saturated heterocycles. The number of piperidine rings is 1. The number of sulfonamides is 1. The maximum atomic E-state index is 12.7. The van der Waals surface area contributed by atoms with E-state index < -0.39 is 16.0 Å². The van der Waals surface area contributed by atoms with Crippen molar-refractivity contribution in [1.82, 2.24) is 4.31 Å². The quantitative estimate of drug-likeness (QED) is 0.867. The van der Waals surface area contributed by atoms with Gasteiger partial charge in [-0.1, -0.05) is 6.07 Å². The van der Waals surface area contributed by atoms with Crippen LogP contribution in [0.1, 0.15) is 28.8 Å². The number of carboxylic acids is 1. The molecule has 21 heavy (non-hydrogen) atoms. The molecule has 0 aromatic heterocycles. The molecule has 2 rings (SSSR count). The Bertz CT molecular complexity index is 641. The van der Waals surface area contributed by atoms with Crippen LogP contribution >= 0.6 is 0 Å². The van der Waals surface area contributed by atoms with Crippen LogP contribution in [0.4, 0.5) is 0 Å². The van der Waals surface area contributed by atoms with E-state index in [1.165, 1.54) is 22.5 Å². The fourth-order valence-electron chi connectivity index (χ4n) is 2.54. The van der Waals surface area contributed by atoms with Crippen LogP contribution in [0.5, 0.6) is 0 Å². The van der Waals surface area contributed by atoms with E-state index in [0.717, 1.165) is 6.42 Å². The Morgan fingerprint density at radius 2 is 2.14 bits per heavy atom. The molecule has 0 aliphatic carbocycles. The van der Waals surface area contributed by atoms with Crippen molar-refractivity contribution in [3.63, 3.8) is 0 Å². The van der Waals surface area contributed by atoms with Crippen molar-refractivity contribution in [2.75, 3.05) is 19.7 Å². The number of aliphatic hydroxyl groups excluding tert-OH is 1. The van der Waals surface area contributed by atoms with Crippen LogP contribution < -0.4 is 0 Å². The average Bonchev–Trinajstić information content (AvgIpc) is 2.47. The largest absolute Gasteiger partial charge is 0.478 e. The van der Waals surface area contributed by atoms with E-state index in [4.69, 9.17) is 5.11 Å². The van der Waals surface area contributed by atoms with Crippen LogP contribution in [-0.2, 0) is 10.0 Å². The second-order valence-corrected chi connectivity index (χ2v) is 7.25. The molecule has 1 aromatic rings. The molecular formula is C14H19NO5S. The zero-order valence-electron chi connectivity index (χ0n) is 11.8. The van der Waals surface area contributed by atoms with Crippen LogP contribution in [-0.4, -0.2) is 48.6 Å². The van der Waals surface area contributed by atoms with Crippen molar-refractivity contribution in [3.05, 3.63) is 29.3 Å². The number of nitrogens with zero attached hydrogens (tertiary/aromatic N) is 1. The first-order valence-electron chi connectivity index (χ1n) is 6.81. The SMILES string of the molecule is Cc1ccc(C(=O)O)cc1S(=O)(=O)N1CCCC(CO)C1. The van der Waals surface area contributed by atoms with Gasteiger partial charge in [0, 0.05) is 19.7 Å². The number of carboxylic acid groups (broad SMARTS) is 1. The van der Waals surface area contributed by atoms with Gasteiger partial charge in [-0.05, 0) is 43.4 Å². The zero-order valence-corrected chi connectivity index (χ0v) is 12.6. The lowest BCUT2D eigenvalue weighted by Gasteiger charge is -2.31. The van der Waals surface area contributed by atoms with Gasteiger partial charge in [0.25, 0.3) is 0 Å². The Morgan fingerprint density at radius 3 is 2.76 bits per heavy atom. The minimum atomic E-state index is -3.73. The molecule has 0 spiro atoms. The summed E-state index contributed by atoms with van der Waals surface area (Å²) in [6, 6.07) is 4.10. The molecule has 0 radical (unpaired) electrons. The minimum Gasteiger partial charge on any atom is -0.478 e. The van der Waals surface area contributed by atoms with Gasteiger partial charge in [0.1, 0.15) is 0 Å². The number of benzene rings is 1. The molecule has 0 amide bonds. The lowest BCUT2D eigenvalue weighted by atomic mass is 10.0. The number of rotatable bonds is 4. The predicted octanol–water partition coefficient (Wildman–Crippen LogP) is 1.09. The third-order valence-corrected chi connectivity index (χ3v) is 5.80. The number of aliphatic hydroxyl groups is 1. The smallest absolute Gasteiger partial charge is 0.335 e. The second kappa shape index (κ2) is 6.13. The van der Waals surface area contributed by atoms with Crippen LogP contribution in [0.2, 0.25) is 0 Å². The Balaban J connectivity index is 2.39. The van der Waals surface area contributed by atoms with Crippen LogP contribution in [0.3, 0.4) is 0 Å². The summed E-state index contributed by atoms with van der Waals surface area (Å²) in [5, 5.41) is 18.2. The summed E-state index contributed by atoms with van der Waals surface area (Å²) in [5.41, 5.74) is 0.473. The maximum absolute atomic E-state index is 12.7. The van der Waals surface area contributed by atoms with Gasteiger partial charge < -0.3 is 10.2 Å². The van der Waals surface area contributed by atoms with E-state index in [2.05, 4.69) is 0 Å². The first-order chi connectivity index (χ1) is 9.86. The van der Waals surface area contributed by atoms with E-state index in [0.29, 0.717) is 18.5 Å². The summed E-state index contributed by atoms with van der Waals surface area (Å²) >= 11 is 0. The number of aromatic carboxylic acids is 1. The Labute approximate surface area is 124 Å². The molecule has 1 aliphatic rings. The monoisotopic (exact) mass is 313 g/mol. The average molecular weight is 313 g/mol. The van der Waals surface area contributed by atoms with E-state index in [-0.39, 0.29) is 29.5 Å². The first kappa shape index (κ1) is 15.9. The summed E-state index contributed by atoms with van der Waals surface area (Å²) in [4.78, 5) is 11.1. The van der Waals surface area contributed by atoms with Crippen LogP contribution in [0.15, 0.2) is 23.1 Å². The van der Waals surface area contributed by atoms with Crippen molar-refractivity contribution < 1.29 is 23.4 Å². The molecular weight excluding hydrogens is 294 g/mol. The lowest BCUT2D eigenvalue weighted by molar-refractivity contribution is 0.0696. The van der Waals surface area contributed by atoms with Crippen molar-refractivity contribution in [2.45, 2.75) is 24.7 Å². The lowest BCUT2D eigenvalue weighted by Crippen LogP contribution is -2.41. The van der Waals surface area contributed by atoms with Crippen molar-refractivity contribution in [3.8, 4) is 0 Å². The van der Waals surface area contributed by atoms with E-state index in [9.17, 15) is 18.3 Å². The topological polar surface area (TPSA) is 94.9 Å². The van der Waals surface area contributed by atoms with Gasteiger partial charge in [-0.15, -0.1) is 0 Å². The Hall–Kier alpha value is -1.44. The fourth-order valence-corrected chi connectivity index (χ4v) is 4.35. The number of aryl methyl sites for hydroxylation is 1. The number of hydrogen-bond donors (Lipinski definition) is 2. The first-order valence-corrected chi connectivity index (χ1v) is 8.25. The molecule has 0 saturated carbocycles. The Kier molecular flexibility index (Phi) is 4.65. The zero-order chi connectivity index (χ0) is 15.6. The van der Waals surface area contributed by atoms with Gasteiger partial charge in [0.2, 0.25) is 10.0 Å². The van der Waals surface area contributed by atoms with E-state index in [1.54, 1.807) is 6.92 Å².